The van der Waals surface area contributed by atoms with Crippen molar-refractivity contribution in [3.63, 3.8) is 0 Å². The molecule has 4 rings (SSSR count). The second-order valence-electron chi connectivity index (χ2n) is 8.54. The van der Waals surface area contributed by atoms with Crippen LogP contribution in [0.25, 0.3) is 0 Å². The average Bonchev–Trinajstić information content (AvgIpc) is 3.02. The quantitative estimate of drug-likeness (QED) is 0.560. The van der Waals surface area contributed by atoms with E-state index in [1.165, 1.54) is 23.1 Å². The summed E-state index contributed by atoms with van der Waals surface area (Å²) in [7, 11) is 0. The van der Waals surface area contributed by atoms with Gasteiger partial charge in [-0.1, -0.05) is 19.3 Å². The van der Waals surface area contributed by atoms with Gasteiger partial charge < -0.3 is 9.64 Å². The number of amides is 3. The molecule has 7 heteroatoms. The summed E-state index contributed by atoms with van der Waals surface area (Å²) in [6.07, 6.45) is 7.84. The summed E-state index contributed by atoms with van der Waals surface area (Å²) in [6.45, 7) is 2.37. The Hall–Kier alpha value is -2.70. The van der Waals surface area contributed by atoms with E-state index in [0.29, 0.717) is 12.1 Å². The van der Waals surface area contributed by atoms with E-state index in [-0.39, 0.29) is 47.5 Å². The number of nitrogens with zero attached hydrogens (tertiary/aromatic N) is 2. The van der Waals surface area contributed by atoms with Crippen LogP contribution in [0.5, 0.6) is 0 Å². The number of likely N-dealkylation sites (tertiary alicyclic amines) is 1. The molecule has 2 fully saturated rings. The first-order chi connectivity index (χ1) is 14.5. The molecule has 2 aliphatic heterocycles. The lowest BCUT2D eigenvalue weighted by Crippen LogP contribution is -2.44. The van der Waals surface area contributed by atoms with Crippen molar-refractivity contribution in [1.29, 1.82) is 0 Å². The van der Waals surface area contributed by atoms with Crippen molar-refractivity contribution in [2.24, 2.45) is 0 Å². The van der Waals surface area contributed by atoms with Crippen LogP contribution in [0.1, 0.15) is 89.4 Å². The van der Waals surface area contributed by atoms with Crippen molar-refractivity contribution < 1.29 is 23.9 Å². The molecule has 160 valence electrons. The van der Waals surface area contributed by atoms with Crippen LogP contribution in [0.15, 0.2) is 18.2 Å². The van der Waals surface area contributed by atoms with E-state index in [9.17, 15) is 19.2 Å². The highest BCUT2D eigenvalue weighted by Gasteiger charge is 2.40. The molecule has 1 aliphatic carbocycles. The Labute approximate surface area is 176 Å². The van der Waals surface area contributed by atoms with E-state index in [1.54, 1.807) is 4.90 Å². The molecule has 0 aromatic heterocycles. The fourth-order valence-corrected chi connectivity index (χ4v) is 4.82. The summed E-state index contributed by atoms with van der Waals surface area (Å²) in [5, 5.41) is 0. The topological polar surface area (TPSA) is 84.0 Å². The second kappa shape index (κ2) is 8.58. The zero-order valence-corrected chi connectivity index (χ0v) is 17.4. The number of benzene rings is 1. The first-order valence-corrected chi connectivity index (χ1v) is 11.0. The Morgan fingerprint density at radius 3 is 2.40 bits per heavy atom. The minimum absolute atomic E-state index is 0.0642. The van der Waals surface area contributed by atoms with Gasteiger partial charge in [-0.25, -0.2) is 4.79 Å². The Bertz CT molecular complexity index is 874. The van der Waals surface area contributed by atoms with Crippen molar-refractivity contribution in [2.45, 2.75) is 70.4 Å². The first-order valence-electron chi connectivity index (χ1n) is 11.0. The molecule has 1 aromatic rings. The molecule has 0 N–H and O–H groups in total. The molecule has 30 heavy (non-hydrogen) atoms. The Morgan fingerprint density at radius 2 is 1.67 bits per heavy atom. The molecule has 1 atom stereocenters. The van der Waals surface area contributed by atoms with Gasteiger partial charge >= 0.3 is 5.97 Å². The third kappa shape index (κ3) is 3.85. The van der Waals surface area contributed by atoms with Crippen molar-refractivity contribution in [3.05, 3.63) is 34.9 Å². The molecule has 0 bridgehead atoms. The summed E-state index contributed by atoms with van der Waals surface area (Å²) in [5.74, 6) is -1.48. The second-order valence-corrected chi connectivity index (χ2v) is 8.54. The van der Waals surface area contributed by atoms with Crippen molar-refractivity contribution in [1.82, 2.24) is 9.80 Å². The van der Waals surface area contributed by atoms with Crippen LogP contribution in [0, 0.1) is 0 Å². The van der Waals surface area contributed by atoms with E-state index in [4.69, 9.17) is 4.74 Å². The molecule has 1 saturated carbocycles. The molecule has 3 amide bonds. The van der Waals surface area contributed by atoms with Crippen molar-refractivity contribution in [3.8, 4) is 0 Å². The van der Waals surface area contributed by atoms with Crippen LogP contribution in [-0.2, 0) is 9.53 Å². The fourth-order valence-electron chi connectivity index (χ4n) is 4.82. The number of piperidine rings is 1. The Morgan fingerprint density at radius 1 is 0.967 bits per heavy atom. The van der Waals surface area contributed by atoms with E-state index >= 15 is 0 Å². The Balaban J connectivity index is 1.42. The predicted molar refractivity (Wildman–Crippen MR) is 109 cm³/mol. The molecule has 2 heterocycles. The van der Waals surface area contributed by atoms with E-state index < -0.39 is 5.97 Å². The van der Waals surface area contributed by atoms with Crippen LogP contribution >= 0.6 is 0 Å². The zero-order valence-electron chi connectivity index (χ0n) is 17.4. The van der Waals surface area contributed by atoms with E-state index in [2.05, 4.69) is 0 Å². The first kappa shape index (κ1) is 20.6. The fraction of sp³-hybridized carbons (Fsp3) is 0.565. The van der Waals surface area contributed by atoms with Crippen LogP contribution < -0.4 is 0 Å². The molecule has 7 nitrogen and oxygen atoms in total. The van der Waals surface area contributed by atoms with Gasteiger partial charge in [0.15, 0.2) is 6.61 Å². The molecule has 0 unspecified atom stereocenters. The summed E-state index contributed by atoms with van der Waals surface area (Å²) >= 11 is 0. The number of hydrogen-bond donors (Lipinski definition) is 0. The van der Waals surface area contributed by atoms with Gasteiger partial charge in [-0.15, -0.1) is 0 Å². The summed E-state index contributed by atoms with van der Waals surface area (Å²) in [6, 6.07) is 4.52. The highest BCUT2D eigenvalue weighted by atomic mass is 16.5. The molecule has 0 spiro atoms. The normalized spacial score (nSPS) is 22.2. The SMILES string of the molecule is C[C@H]1CCCCN1C(=O)COC(=O)c1ccc2c(c1)C(=O)N(C1CCCCC1)C2=O. The minimum atomic E-state index is -0.660. The number of carbonyl (C=O) groups is 4. The van der Waals surface area contributed by atoms with Crippen molar-refractivity contribution >= 4 is 23.7 Å². The lowest BCUT2D eigenvalue weighted by atomic mass is 9.94. The molecule has 3 aliphatic rings. The third-order valence-corrected chi connectivity index (χ3v) is 6.54. The number of rotatable bonds is 4. The summed E-state index contributed by atoms with van der Waals surface area (Å²) in [5.41, 5.74) is 0.760. The minimum Gasteiger partial charge on any atom is -0.452 e. The van der Waals surface area contributed by atoms with E-state index in [0.717, 1.165) is 51.4 Å². The number of carbonyl (C=O) groups excluding carboxylic acids is 4. The standard InChI is InChI=1S/C23H28N2O5/c1-15-7-5-6-12-24(15)20(26)14-30-23(29)16-10-11-18-19(13-16)22(28)25(21(18)27)17-8-3-2-4-9-17/h10-11,13,15,17H,2-9,12,14H2,1H3/t15-/m0/s1. The largest absolute Gasteiger partial charge is 0.452 e. The van der Waals surface area contributed by atoms with Gasteiger partial charge in [0.2, 0.25) is 0 Å². The number of ether oxygens (including phenoxy) is 1. The number of hydrogen-bond acceptors (Lipinski definition) is 5. The van der Waals surface area contributed by atoms with Gasteiger partial charge in [0.05, 0.1) is 16.7 Å². The number of fused-ring (bicyclic) bond motifs is 1. The van der Waals surface area contributed by atoms with Gasteiger partial charge in [0, 0.05) is 18.6 Å². The molecule has 1 aromatic carbocycles. The monoisotopic (exact) mass is 412 g/mol. The number of esters is 1. The van der Waals surface area contributed by atoms with Crippen LogP contribution in [0.3, 0.4) is 0 Å². The zero-order chi connectivity index (χ0) is 21.3. The van der Waals surface area contributed by atoms with Crippen LogP contribution in [0.2, 0.25) is 0 Å². The van der Waals surface area contributed by atoms with Crippen LogP contribution in [-0.4, -0.2) is 58.7 Å². The summed E-state index contributed by atoms with van der Waals surface area (Å²) in [4.78, 5) is 53.6. The molecular weight excluding hydrogens is 384 g/mol. The Kier molecular flexibility index (Phi) is 5.88. The maximum atomic E-state index is 12.9. The maximum Gasteiger partial charge on any atom is 0.338 e. The molecular formula is C23H28N2O5. The van der Waals surface area contributed by atoms with Gasteiger partial charge in [0.25, 0.3) is 17.7 Å². The number of imide groups is 1. The van der Waals surface area contributed by atoms with Crippen LogP contribution in [0.4, 0.5) is 0 Å². The predicted octanol–water partition coefficient (Wildman–Crippen LogP) is 3.17. The summed E-state index contributed by atoms with van der Waals surface area (Å²) < 4.78 is 5.22. The lowest BCUT2D eigenvalue weighted by molar-refractivity contribution is -0.137. The smallest absolute Gasteiger partial charge is 0.338 e. The lowest BCUT2D eigenvalue weighted by Gasteiger charge is -2.33. The van der Waals surface area contributed by atoms with Gasteiger partial charge in [-0.05, 0) is 57.2 Å². The highest BCUT2D eigenvalue weighted by Crippen LogP contribution is 2.31. The van der Waals surface area contributed by atoms with Crippen molar-refractivity contribution in [2.75, 3.05) is 13.2 Å². The molecule has 0 radical (unpaired) electrons. The van der Waals surface area contributed by atoms with Gasteiger partial charge in [-0.3, -0.25) is 19.3 Å². The highest BCUT2D eigenvalue weighted by molar-refractivity contribution is 6.22. The third-order valence-electron chi connectivity index (χ3n) is 6.54. The molecule has 1 saturated heterocycles. The van der Waals surface area contributed by atoms with Gasteiger partial charge in [-0.2, -0.15) is 0 Å². The van der Waals surface area contributed by atoms with E-state index in [1.807, 2.05) is 6.92 Å². The average molecular weight is 412 g/mol. The van der Waals surface area contributed by atoms with Gasteiger partial charge in [0.1, 0.15) is 0 Å². The maximum absolute atomic E-state index is 12.9.